The first-order valence-electron chi connectivity index (χ1n) is 13.2. The van der Waals surface area contributed by atoms with E-state index in [1.807, 2.05) is 24.5 Å². The van der Waals surface area contributed by atoms with Gasteiger partial charge in [-0.1, -0.05) is 6.08 Å². The number of aryl methyl sites for hydroxylation is 1. The van der Waals surface area contributed by atoms with Crippen LogP contribution in [-0.4, -0.2) is 69.3 Å². The van der Waals surface area contributed by atoms with Crippen molar-refractivity contribution in [3.05, 3.63) is 59.2 Å². The van der Waals surface area contributed by atoms with Crippen molar-refractivity contribution in [2.24, 2.45) is 5.92 Å². The molecule has 2 N–H and O–H groups in total. The minimum absolute atomic E-state index is 0.0626. The fourth-order valence-electron chi connectivity index (χ4n) is 5.03. The molecule has 0 unspecified atom stereocenters. The lowest BCUT2D eigenvalue weighted by atomic mass is 9.97. The SMILES string of the molecule is CN1CCC(CNc2ncc3c(n2)CCCC=C3c2ccn3ncc(C(=O)NCC(C)(C)F)c3c2)CC1. The van der Waals surface area contributed by atoms with Crippen molar-refractivity contribution in [3.63, 3.8) is 0 Å². The van der Waals surface area contributed by atoms with Gasteiger partial charge in [0.1, 0.15) is 5.67 Å². The second-order valence-electron chi connectivity index (χ2n) is 10.9. The Bertz CT molecular complexity index is 1300. The molecule has 1 aliphatic carbocycles. The summed E-state index contributed by atoms with van der Waals surface area (Å²) in [6, 6.07) is 3.97. The summed E-state index contributed by atoms with van der Waals surface area (Å²) in [5, 5.41) is 10.5. The summed E-state index contributed by atoms with van der Waals surface area (Å²) < 4.78 is 15.6. The maximum atomic E-state index is 13.9. The lowest BCUT2D eigenvalue weighted by Crippen LogP contribution is -2.35. The molecule has 3 aromatic heterocycles. The lowest BCUT2D eigenvalue weighted by molar-refractivity contribution is 0.0922. The molecule has 0 aromatic carbocycles. The number of nitrogens with one attached hydrogen (secondary N) is 2. The number of carbonyl (C=O) groups is 1. The molecule has 1 amide bonds. The van der Waals surface area contributed by atoms with E-state index >= 15 is 0 Å². The van der Waals surface area contributed by atoms with Gasteiger partial charge >= 0.3 is 0 Å². The van der Waals surface area contributed by atoms with Crippen LogP contribution in [0, 0.1) is 5.92 Å². The number of carbonyl (C=O) groups excluding carboxylic acids is 1. The van der Waals surface area contributed by atoms with Gasteiger partial charge < -0.3 is 15.5 Å². The van der Waals surface area contributed by atoms with E-state index in [4.69, 9.17) is 4.98 Å². The standard InChI is InChI=1S/C28H36FN7O/c1-28(2,29)18-32-26(37)23-17-33-36-13-10-20(14-25(23)36)21-6-4-5-7-24-22(21)16-31-27(34-24)30-15-19-8-11-35(3)12-9-19/h6,10,13-14,16-17,19H,4-5,7-9,11-12,15,18H2,1-3H3,(H,32,37)(H,30,31,34). The highest BCUT2D eigenvalue weighted by molar-refractivity contribution is 6.01. The van der Waals surface area contributed by atoms with E-state index in [9.17, 15) is 9.18 Å². The van der Waals surface area contributed by atoms with Crippen molar-refractivity contribution in [1.29, 1.82) is 0 Å². The zero-order valence-electron chi connectivity index (χ0n) is 21.9. The molecule has 4 heterocycles. The molecule has 9 heteroatoms. The number of nitrogens with zero attached hydrogens (tertiary/aromatic N) is 5. The first-order valence-corrected chi connectivity index (χ1v) is 13.2. The van der Waals surface area contributed by atoms with Crippen molar-refractivity contribution >= 4 is 22.9 Å². The molecule has 8 nitrogen and oxygen atoms in total. The monoisotopic (exact) mass is 505 g/mol. The van der Waals surface area contributed by atoms with Crippen LogP contribution in [0.3, 0.4) is 0 Å². The number of alkyl halides is 1. The molecule has 196 valence electrons. The Balaban J connectivity index is 1.37. The average Bonchev–Trinajstić information content (AvgIpc) is 3.19. The van der Waals surface area contributed by atoms with Gasteiger partial charge in [0.2, 0.25) is 5.95 Å². The van der Waals surface area contributed by atoms with Crippen LogP contribution in [0.1, 0.15) is 66.7 Å². The summed E-state index contributed by atoms with van der Waals surface area (Å²) >= 11 is 0. The summed E-state index contributed by atoms with van der Waals surface area (Å²) in [6.45, 7) is 6.00. The summed E-state index contributed by atoms with van der Waals surface area (Å²) in [7, 11) is 2.18. The van der Waals surface area contributed by atoms with Gasteiger partial charge in [-0.25, -0.2) is 18.9 Å². The Hall–Kier alpha value is -3.33. The van der Waals surface area contributed by atoms with E-state index in [1.54, 1.807) is 4.52 Å². The third kappa shape index (κ3) is 5.98. The predicted octanol–water partition coefficient (Wildman–Crippen LogP) is 4.12. The van der Waals surface area contributed by atoms with Gasteiger partial charge in [0.25, 0.3) is 5.91 Å². The highest BCUT2D eigenvalue weighted by Gasteiger charge is 2.22. The van der Waals surface area contributed by atoms with Crippen molar-refractivity contribution in [2.75, 3.05) is 38.5 Å². The highest BCUT2D eigenvalue weighted by atomic mass is 19.1. The number of amides is 1. The van der Waals surface area contributed by atoms with Crippen LogP contribution in [0.5, 0.6) is 0 Å². The number of anilines is 1. The number of likely N-dealkylation sites (tertiary alicyclic amines) is 1. The van der Waals surface area contributed by atoms with Crippen molar-refractivity contribution in [1.82, 2.24) is 29.8 Å². The van der Waals surface area contributed by atoms with E-state index in [2.05, 4.69) is 38.7 Å². The molecule has 0 saturated carbocycles. The lowest BCUT2D eigenvalue weighted by Gasteiger charge is -2.29. The Labute approximate surface area is 217 Å². The molecule has 5 rings (SSSR count). The molecule has 3 aromatic rings. The van der Waals surface area contributed by atoms with E-state index < -0.39 is 5.67 Å². The minimum atomic E-state index is -1.49. The van der Waals surface area contributed by atoms with E-state index in [0.29, 0.717) is 22.9 Å². The van der Waals surface area contributed by atoms with Crippen molar-refractivity contribution in [3.8, 4) is 0 Å². The molecule has 0 atom stereocenters. The zero-order valence-corrected chi connectivity index (χ0v) is 21.9. The highest BCUT2D eigenvalue weighted by Crippen LogP contribution is 2.31. The van der Waals surface area contributed by atoms with Crippen LogP contribution in [0.15, 0.2) is 36.8 Å². The Morgan fingerprint density at radius 2 is 2.05 bits per heavy atom. The Kier molecular flexibility index (Phi) is 7.24. The molecule has 0 radical (unpaired) electrons. The molecule has 1 fully saturated rings. The topological polar surface area (TPSA) is 87.4 Å². The van der Waals surface area contributed by atoms with Gasteiger partial charge in [0.05, 0.1) is 29.5 Å². The third-order valence-corrected chi connectivity index (χ3v) is 7.26. The molecule has 2 aliphatic rings. The number of hydrogen-bond acceptors (Lipinski definition) is 6. The van der Waals surface area contributed by atoms with Crippen LogP contribution >= 0.6 is 0 Å². The van der Waals surface area contributed by atoms with Gasteiger partial charge in [-0.2, -0.15) is 5.10 Å². The second kappa shape index (κ2) is 10.6. The first-order chi connectivity index (χ1) is 17.8. The predicted molar refractivity (Wildman–Crippen MR) is 143 cm³/mol. The fourth-order valence-corrected chi connectivity index (χ4v) is 5.03. The van der Waals surface area contributed by atoms with Crippen molar-refractivity contribution in [2.45, 2.75) is 51.6 Å². The molecule has 37 heavy (non-hydrogen) atoms. The van der Waals surface area contributed by atoms with E-state index in [-0.39, 0.29) is 12.5 Å². The fraction of sp³-hybridized carbons (Fsp3) is 0.500. The summed E-state index contributed by atoms with van der Waals surface area (Å²) in [5.41, 5.74) is 3.72. The smallest absolute Gasteiger partial charge is 0.255 e. The average molecular weight is 506 g/mol. The second-order valence-corrected chi connectivity index (χ2v) is 10.9. The Morgan fingerprint density at radius 3 is 2.84 bits per heavy atom. The van der Waals surface area contributed by atoms with E-state index in [0.717, 1.165) is 61.3 Å². The number of allylic oxidation sites excluding steroid dienone is 1. The van der Waals surface area contributed by atoms with Gasteiger partial charge in [-0.3, -0.25) is 4.79 Å². The van der Waals surface area contributed by atoms with Crippen LogP contribution in [0.2, 0.25) is 0 Å². The number of hydrogen-bond donors (Lipinski definition) is 2. The zero-order chi connectivity index (χ0) is 26.0. The van der Waals surface area contributed by atoms with E-state index in [1.165, 1.54) is 32.9 Å². The van der Waals surface area contributed by atoms with Crippen LogP contribution in [-0.2, 0) is 6.42 Å². The molecule has 1 saturated heterocycles. The number of halogens is 1. The summed E-state index contributed by atoms with van der Waals surface area (Å²) in [6.07, 6.45) is 12.8. The van der Waals surface area contributed by atoms with Crippen LogP contribution < -0.4 is 10.6 Å². The normalized spacial score (nSPS) is 17.2. The van der Waals surface area contributed by atoms with Gasteiger partial charge in [0.15, 0.2) is 0 Å². The van der Waals surface area contributed by atoms with Gasteiger partial charge in [-0.05, 0) is 95.3 Å². The number of piperidine rings is 1. The molecule has 0 spiro atoms. The number of rotatable bonds is 7. The first kappa shape index (κ1) is 25.3. The molecule has 1 aliphatic heterocycles. The van der Waals surface area contributed by atoms with Gasteiger partial charge in [0, 0.05) is 24.5 Å². The maximum Gasteiger partial charge on any atom is 0.255 e. The third-order valence-electron chi connectivity index (χ3n) is 7.26. The number of pyridine rings is 1. The van der Waals surface area contributed by atoms with Crippen LogP contribution in [0.25, 0.3) is 11.1 Å². The molecular formula is C28H36FN7O. The van der Waals surface area contributed by atoms with Crippen molar-refractivity contribution < 1.29 is 9.18 Å². The van der Waals surface area contributed by atoms with Gasteiger partial charge in [-0.15, -0.1) is 0 Å². The Morgan fingerprint density at radius 1 is 1.24 bits per heavy atom. The largest absolute Gasteiger partial charge is 0.354 e. The molecule has 0 bridgehead atoms. The summed E-state index contributed by atoms with van der Waals surface area (Å²) in [4.78, 5) is 24.7. The molecular weight excluding hydrogens is 469 g/mol. The quantitative estimate of drug-likeness (QED) is 0.502. The van der Waals surface area contributed by atoms with Crippen LogP contribution in [0.4, 0.5) is 10.3 Å². The number of fused-ring (bicyclic) bond motifs is 2. The maximum absolute atomic E-state index is 13.9. The summed E-state index contributed by atoms with van der Waals surface area (Å²) in [5.74, 6) is 1.01. The number of aromatic nitrogens is 4. The minimum Gasteiger partial charge on any atom is -0.354 e.